The molecular weight excluding hydrogens is 334 g/mol. The lowest BCUT2D eigenvalue weighted by molar-refractivity contribution is 0.460. The molecule has 8 heteroatoms. The number of thiophene rings is 1. The fourth-order valence-electron chi connectivity index (χ4n) is 1.84. The second kappa shape index (κ2) is 6.35. The molecule has 3 rings (SSSR count). The van der Waals surface area contributed by atoms with Crippen molar-refractivity contribution in [2.24, 2.45) is 0 Å². The number of aromatic nitrogens is 2. The predicted octanol–water partition coefficient (Wildman–Crippen LogP) is 3.44. The van der Waals surface area contributed by atoms with Gasteiger partial charge in [0.1, 0.15) is 9.96 Å². The number of ether oxygens (including phenoxy) is 1. The van der Waals surface area contributed by atoms with Gasteiger partial charge < -0.3 is 4.74 Å². The van der Waals surface area contributed by atoms with E-state index in [-0.39, 0.29) is 4.21 Å². The summed E-state index contributed by atoms with van der Waals surface area (Å²) < 4.78 is 33.0. The van der Waals surface area contributed by atoms with Crippen LogP contribution in [-0.2, 0) is 10.0 Å². The zero-order chi connectivity index (χ0) is 16.3. The molecule has 0 saturated carbocycles. The third-order valence-electron chi connectivity index (χ3n) is 2.83. The average molecular weight is 347 g/mol. The maximum Gasteiger partial charge on any atom is 0.271 e. The fourth-order valence-corrected chi connectivity index (χ4v) is 4.18. The Labute approximate surface area is 137 Å². The summed E-state index contributed by atoms with van der Waals surface area (Å²) in [5, 5.41) is 0. The lowest BCUT2D eigenvalue weighted by Gasteiger charge is -2.08. The molecule has 2 aromatic heterocycles. The van der Waals surface area contributed by atoms with Crippen LogP contribution >= 0.6 is 11.3 Å². The van der Waals surface area contributed by atoms with Crippen molar-refractivity contribution >= 4 is 27.0 Å². The van der Waals surface area contributed by atoms with E-state index in [4.69, 9.17) is 4.74 Å². The molecule has 2 heterocycles. The molecule has 6 nitrogen and oxygen atoms in total. The van der Waals surface area contributed by atoms with Crippen molar-refractivity contribution in [1.82, 2.24) is 9.97 Å². The summed E-state index contributed by atoms with van der Waals surface area (Å²) >= 11 is 1.22. The van der Waals surface area contributed by atoms with Gasteiger partial charge in [0.05, 0.1) is 11.9 Å². The van der Waals surface area contributed by atoms with Crippen LogP contribution in [0.2, 0.25) is 0 Å². The van der Waals surface area contributed by atoms with E-state index >= 15 is 0 Å². The summed E-state index contributed by atoms with van der Waals surface area (Å²) in [5.74, 6) is 0.800. The van der Waals surface area contributed by atoms with Gasteiger partial charge in [-0.15, -0.1) is 11.3 Å². The molecule has 0 saturated heterocycles. The third-order valence-corrected chi connectivity index (χ3v) is 5.70. The Morgan fingerprint density at radius 3 is 2.74 bits per heavy atom. The molecule has 0 atom stereocenters. The Morgan fingerprint density at radius 2 is 2.04 bits per heavy atom. The Bertz CT molecular complexity index is 908. The topological polar surface area (TPSA) is 81.2 Å². The van der Waals surface area contributed by atoms with Gasteiger partial charge in [-0.2, -0.15) is 0 Å². The van der Waals surface area contributed by atoms with Crippen molar-refractivity contribution in [2.45, 2.75) is 11.1 Å². The molecule has 118 valence electrons. The van der Waals surface area contributed by atoms with Crippen molar-refractivity contribution in [3.63, 3.8) is 0 Å². The Hall–Kier alpha value is -2.45. The van der Waals surface area contributed by atoms with Crippen LogP contribution in [0.3, 0.4) is 0 Å². The summed E-state index contributed by atoms with van der Waals surface area (Å²) in [4.78, 5) is 8.85. The van der Waals surface area contributed by atoms with Crippen LogP contribution in [0.4, 0.5) is 5.69 Å². The molecule has 0 spiro atoms. The van der Waals surface area contributed by atoms with Crippen LogP contribution in [0, 0.1) is 6.92 Å². The molecule has 0 fully saturated rings. The smallest absolute Gasteiger partial charge is 0.271 e. The van der Waals surface area contributed by atoms with Crippen LogP contribution in [-0.4, -0.2) is 18.4 Å². The summed E-state index contributed by atoms with van der Waals surface area (Å²) in [6.07, 6.45) is 4.53. The fraction of sp³-hybridized carbons (Fsp3) is 0.0667. The lowest BCUT2D eigenvalue weighted by Crippen LogP contribution is -2.11. The minimum Gasteiger partial charge on any atom is -0.437 e. The van der Waals surface area contributed by atoms with E-state index in [1.165, 1.54) is 23.7 Å². The molecule has 0 radical (unpaired) electrons. The molecule has 3 aromatic rings. The number of rotatable bonds is 5. The van der Waals surface area contributed by atoms with Gasteiger partial charge in [-0.25, -0.2) is 13.4 Å². The SMILES string of the molecule is Cc1ccc(S(=O)(=O)Nc2cccc(Oc3cnccn3)c2)s1. The highest BCUT2D eigenvalue weighted by Gasteiger charge is 2.16. The molecule has 1 aromatic carbocycles. The molecule has 0 bridgehead atoms. The van der Waals surface area contributed by atoms with Crippen LogP contribution in [0.1, 0.15) is 4.88 Å². The number of nitrogens with zero attached hydrogens (tertiary/aromatic N) is 2. The maximum atomic E-state index is 12.3. The second-order valence-electron chi connectivity index (χ2n) is 4.64. The molecule has 0 aliphatic heterocycles. The van der Waals surface area contributed by atoms with Gasteiger partial charge in [0.15, 0.2) is 0 Å². The number of hydrogen-bond acceptors (Lipinski definition) is 6. The molecule has 0 amide bonds. The van der Waals surface area contributed by atoms with Crippen molar-refractivity contribution in [1.29, 1.82) is 0 Å². The minimum absolute atomic E-state index is 0.273. The zero-order valence-electron chi connectivity index (χ0n) is 12.1. The van der Waals surface area contributed by atoms with Gasteiger partial charge in [-0.3, -0.25) is 9.71 Å². The van der Waals surface area contributed by atoms with E-state index in [2.05, 4.69) is 14.7 Å². The molecule has 0 aliphatic carbocycles. The predicted molar refractivity (Wildman–Crippen MR) is 88.4 cm³/mol. The number of sulfonamides is 1. The van der Waals surface area contributed by atoms with Gasteiger partial charge in [0.2, 0.25) is 5.88 Å². The highest BCUT2D eigenvalue weighted by atomic mass is 32.2. The Kier molecular flexibility index (Phi) is 4.26. The second-order valence-corrected chi connectivity index (χ2v) is 7.84. The quantitative estimate of drug-likeness (QED) is 0.764. The van der Waals surface area contributed by atoms with Crippen molar-refractivity contribution in [3.05, 3.63) is 59.9 Å². The standard InChI is InChI=1S/C15H13N3O3S2/c1-11-5-6-15(22-11)23(19,20)18-12-3-2-4-13(9-12)21-14-10-16-7-8-17-14/h2-10,18H,1H3. The number of hydrogen-bond donors (Lipinski definition) is 1. The van der Waals surface area contributed by atoms with Gasteiger partial charge in [0, 0.05) is 23.3 Å². The van der Waals surface area contributed by atoms with Crippen LogP contribution in [0.25, 0.3) is 0 Å². The number of anilines is 1. The Morgan fingerprint density at radius 1 is 1.17 bits per heavy atom. The van der Waals surface area contributed by atoms with Crippen LogP contribution in [0.15, 0.2) is 59.2 Å². The first-order valence-corrected chi connectivity index (χ1v) is 8.96. The van der Waals surface area contributed by atoms with Gasteiger partial charge in [0.25, 0.3) is 10.0 Å². The van der Waals surface area contributed by atoms with Crippen molar-refractivity contribution < 1.29 is 13.2 Å². The van der Waals surface area contributed by atoms with E-state index in [0.29, 0.717) is 17.3 Å². The van der Waals surface area contributed by atoms with E-state index < -0.39 is 10.0 Å². The summed E-state index contributed by atoms with van der Waals surface area (Å²) in [7, 11) is -3.60. The first-order valence-electron chi connectivity index (χ1n) is 6.66. The monoisotopic (exact) mass is 347 g/mol. The number of nitrogens with one attached hydrogen (secondary N) is 1. The highest BCUT2D eigenvalue weighted by Crippen LogP contribution is 2.26. The van der Waals surface area contributed by atoms with E-state index in [0.717, 1.165) is 4.88 Å². The number of benzene rings is 1. The largest absolute Gasteiger partial charge is 0.437 e. The summed E-state index contributed by atoms with van der Waals surface area (Å²) in [6.45, 7) is 1.86. The summed E-state index contributed by atoms with van der Waals surface area (Å²) in [5.41, 5.74) is 0.414. The first-order chi connectivity index (χ1) is 11.0. The van der Waals surface area contributed by atoms with E-state index in [1.54, 1.807) is 42.6 Å². The highest BCUT2D eigenvalue weighted by molar-refractivity contribution is 7.94. The summed E-state index contributed by atoms with van der Waals surface area (Å²) in [6, 6.07) is 10.0. The number of aryl methyl sites for hydroxylation is 1. The minimum atomic E-state index is -3.60. The van der Waals surface area contributed by atoms with Crippen LogP contribution in [0.5, 0.6) is 11.6 Å². The lowest BCUT2D eigenvalue weighted by atomic mass is 10.3. The maximum absolute atomic E-state index is 12.3. The first kappa shape index (κ1) is 15.4. The van der Waals surface area contributed by atoms with Gasteiger partial charge in [-0.1, -0.05) is 6.07 Å². The van der Waals surface area contributed by atoms with E-state index in [9.17, 15) is 8.42 Å². The molecule has 0 unspecified atom stereocenters. The third kappa shape index (κ3) is 3.85. The Balaban J connectivity index is 1.80. The van der Waals surface area contributed by atoms with Crippen molar-refractivity contribution in [3.8, 4) is 11.6 Å². The van der Waals surface area contributed by atoms with Gasteiger partial charge >= 0.3 is 0 Å². The normalized spacial score (nSPS) is 11.2. The molecule has 1 N–H and O–H groups in total. The van der Waals surface area contributed by atoms with Crippen molar-refractivity contribution in [2.75, 3.05) is 4.72 Å². The van der Waals surface area contributed by atoms with Gasteiger partial charge in [-0.05, 0) is 31.2 Å². The zero-order valence-corrected chi connectivity index (χ0v) is 13.8. The van der Waals surface area contributed by atoms with E-state index in [1.807, 2.05) is 6.92 Å². The molecule has 0 aliphatic rings. The average Bonchev–Trinajstić information content (AvgIpc) is 2.96. The van der Waals surface area contributed by atoms with Crippen LogP contribution < -0.4 is 9.46 Å². The molecule has 23 heavy (non-hydrogen) atoms. The molecular formula is C15H13N3O3S2.